The third kappa shape index (κ3) is 4.29. The number of hydrogen-bond donors (Lipinski definition) is 1. The van der Waals surface area contributed by atoms with Crippen molar-refractivity contribution in [2.45, 2.75) is 33.0 Å². The first-order valence-corrected chi connectivity index (χ1v) is 8.74. The van der Waals surface area contributed by atoms with Gasteiger partial charge in [-0.05, 0) is 12.5 Å². The highest BCUT2D eigenvalue weighted by atomic mass is 16.5. The van der Waals surface area contributed by atoms with Gasteiger partial charge in [-0.25, -0.2) is 9.48 Å². The van der Waals surface area contributed by atoms with Crippen LogP contribution in [0.15, 0.2) is 35.1 Å². The lowest BCUT2D eigenvalue weighted by atomic mass is 10.1. The second-order valence-electron chi connectivity index (χ2n) is 6.49. The fourth-order valence-corrected chi connectivity index (χ4v) is 2.95. The van der Waals surface area contributed by atoms with E-state index in [-0.39, 0.29) is 11.6 Å². The molecule has 2 aromatic rings. The van der Waals surface area contributed by atoms with Crippen LogP contribution in [0.5, 0.6) is 0 Å². The topological polar surface area (TPSA) is 76.5 Å². The van der Waals surface area contributed by atoms with Gasteiger partial charge in [0.25, 0.3) is 5.56 Å². The number of nitrogens with zero attached hydrogens (tertiary/aromatic N) is 3. The Hall–Kier alpha value is -2.67. The minimum absolute atomic E-state index is 0.125. The van der Waals surface area contributed by atoms with Crippen molar-refractivity contribution in [3.05, 3.63) is 63.1 Å². The fourth-order valence-electron chi connectivity index (χ4n) is 2.95. The van der Waals surface area contributed by atoms with Crippen molar-refractivity contribution in [3.8, 4) is 0 Å². The Balaban J connectivity index is 1.62. The minimum atomic E-state index is -0.164. The summed E-state index contributed by atoms with van der Waals surface area (Å²) in [5.74, 6) is 0. The van der Waals surface area contributed by atoms with Gasteiger partial charge in [-0.15, -0.1) is 0 Å². The number of methoxy groups -OCH3 is 1. The molecular formula is C19H24N4O3. The number of aryl methyl sites for hydroxylation is 1. The van der Waals surface area contributed by atoms with Crippen molar-refractivity contribution < 1.29 is 9.53 Å². The smallest absolute Gasteiger partial charge is 0.317 e. The molecule has 1 aliphatic heterocycles. The summed E-state index contributed by atoms with van der Waals surface area (Å²) >= 11 is 0. The number of carbonyl (C=O) groups is 1. The van der Waals surface area contributed by atoms with Crippen LogP contribution in [0.3, 0.4) is 0 Å². The summed E-state index contributed by atoms with van der Waals surface area (Å²) in [5, 5.41) is 7.35. The molecule has 2 heterocycles. The summed E-state index contributed by atoms with van der Waals surface area (Å²) in [6, 6.07) is 9.52. The second-order valence-corrected chi connectivity index (χ2v) is 6.49. The van der Waals surface area contributed by atoms with E-state index in [9.17, 15) is 9.59 Å². The van der Waals surface area contributed by atoms with E-state index in [1.54, 1.807) is 18.1 Å². The van der Waals surface area contributed by atoms with Crippen molar-refractivity contribution in [2.75, 3.05) is 20.3 Å². The minimum Gasteiger partial charge on any atom is -0.383 e. The first-order chi connectivity index (χ1) is 12.6. The molecule has 26 heavy (non-hydrogen) atoms. The molecule has 0 atom stereocenters. The van der Waals surface area contributed by atoms with Gasteiger partial charge in [-0.2, -0.15) is 5.10 Å². The molecule has 0 aliphatic carbocycles. The largest absolute Gasteiger partial charge is 0.383 e. The highest BCUT2D eigenvalue weighted by Gasteiger charge is 2.22. The van der Waals surface area contributed by atoms with Crippen LogP contribution >= 0.6 is 0 Å². The van der Waals surface area contributed by atoms with Gasteiger partial charge < -0.3 is 15.0 Å². The van der Waals surface area contributed by atoms with Crippen LogP contribution in [0, 0.1) is 6.92 Å². The van der Waals surface area contributed by atoms with E-state index in [0.29, 0.717) is 39.2 Å². The molecule has 0 unspecified atom stereocenters. The molecule has 0 saturated carbocycles. The molecule has 138 valence electrons. The highest BCUT2D eigenvalue weighted by Crippen LogP contribution is 2.15. The Morgan fingerprint density at radius 3 is 2.81 bits per heavy atom. The number of hydrogen-bond acceptors (Lipinski definition) is 4. The van der Waals surface area contributed by atoms with Crippen molar-refractivity contribution in [3.63, 3.8) is 0 Å². The Kier molecular flexibility index (Phi) is 5.68. The van der Waals surface area contributed by atoms with Crippen LogP contribution in [0.2, 0.25) is 0 Å². The van der Waals surface area contributed by atoms with E-state index in [2.05, 4.69) is 10.4 Å². The summed E-state index contributed by atoms with van der Waals surface area (Å²) in [6.07, 6.45) is 0.639. The molecule has 0 bridgehead atoms. The number of benzene rings is 1. The van der Waals surface area contributed by atoms with E-state index in [1.165, 1.54) is 10.2 Å². The standard InChI is InChI=1S/C19H24N4O3/c1-14-3-5-15(6-4-14)12-20-19(25)22-8-7-17-16(13-22)11-18(24)23(21-17)9-10-26-2/h3-6,11H,7-10,12-13H2,1-2H3,(H,20,25). The fraction of sp³-hybridized carbons (Fsp3) is 0.421. The van der Waals surface area contributed by atoms with E-state index < -0.39 is 0 Å². The molecule has 1 aliphatic rings. The van der Waals surface area contributed by atoms with Gasteiger partial charge in [-0.3, -0.25) is 4.79 Å². The lowest BCUT2D eigenvalue weighted by Crippen LogP contribution is -2.43. The van der Waals surface area contributed by atoms with Gasteiger partial charge in [0.05, 0.1) is 18.8 Å². The number of fused-ring (bicyclic) bond motifs is 1. The molecule has 0 saturated heterocycles. The predicted molar refractivity (Wildman–Crippen MR) is 97.9 cm³/mol. The monoisotopic (exact) mass is 356 g/mol. The zero-order valence-corrected chi connectivity index (χ0v) is 15.2. The van der Waals surface area contributed by atoms with Crippen molar-refractivity contribution in [2.24, 2.45) is 0 Å². The van der Waals surface area contributed by atoms with Gasteiger partial charge in [0.1, 0.15) is 0 Å². The number of nitrogens with one attached hydrogen (secondary N) is 1. The quantitative estimate of drug-likeness (QED) is 0.880. The molecule has 1 aromatic carbocycles. The molecule has 1 N–H and O–H groups in total. The summed E-state index contributed by atoms with van der Waals surface area (Å²) in [4.78, 5) is 26.3. The first kappa shape index (κ1) is 18.1. The van der Waals surface area contributed by atoms with Gasteiger partial charge in [0.15, 0.2) is 0 Å². The first-order valence-electron chi connectivity index (χ1n) is 8.74. The number of ether oxygens (including phenoxy) is 1. The van der Waals surface area contributed by atoms with Gasteiger partial charge in [-0.1, -0.05) is 29.8 Å². The Labute approximate surface area is 152 Å². The number of amides is 2. The van der Waals surface area contributed by atoms with E-state index >= 15 is 0 Å². The molecule has 0 fully saturated rings. The van der Waals surface area contributed by atoms with E-state index in [1.807, 2.05) is 31.2 Å². The predicted octanol–water partition coefficient (Wildman–Crippen LogP) is 1.47. The zero-order valence-electron chi connectivity index (χ0n) is 15.2. The van der Waals surface area contributed by atoms with Crippen LogP contribution in [0.4, 0.5) is 4.79 Å². The maximum absolute atomic E-state index is 12.4. The van der Waals surface area contributed by atoms with Crippen LogP contribution in [-0.2, 0) is 30.8 Å². The molecule has 7 nitrogen and oxygen atoms in total. The summed E-state index contributed by atoms with van der Waals surface area (Å²) in [7, 11) is 1.59. The van der Waals surface area contributed by atoms with Crippen molar-refractivity contribution in [1.82, 2.24) is 20.0 Å². The average molecular weight is 356 g/mol. The second kappa shape index (κ2) is 8.14. The number of aromatic nitrogens is 2. The molecule has 0 radical (unpaired) electrons. The van der Waals surface area contributed by atoms with Crippen LogP contribution in [0.25, 0.3) is 0 Å². The third-order valence-electron chi connectivity index (χ3n) is 4.50. The van der Waals surface area contributed by atoms with Crippen molar-refractivity contribution >= 4 is 6.03 Å². The van der Waals surface area contributed by atoms with Gasteiger partial charge >= 0.3 is 6.03 Å². The zero-order chi connectivity index (χ0) is 18.5. The molecule has 2 amide bonds. The lowest BCUT2D eigenvalue weighted by Gasteiger charge is -2.28. The van der Waals surface area contributed by atoms with Gasteiger partial charge in [0, 0.05) is 44.8 Å². The summed E-state index contributed by atoms with van der Waals surface area (Å²) in [5.41, 5.74) is 3.78. The molecule has 7 heteroatoms. The summed E-state index contributed by atoms with van der Waals surface area (Å²) in [6.45, 7) is 4.39. The summed E-state index contributed by atoms with van der Waals surface area (Å²) < 4.78 is 6.43. The maximum Gasteiger partial charge on any atom is 0.317 e. The maximum atomic E-state index is 12.4. The Bertz CT molecular complexity index is 830. The Morgan fingerprint density at radius 2 is 2.08 bits per heavy atom. The van der Waals surface area contributed by atoms with E-state index in [4.69, 9.17) is 4.74 Å². The Morgan fingerprint density at radius 1 is 1.31 bits per heavy atom. The number of rotatable bonds is 5. The SMILES string of the molecule is COCCn1nc2c(cc1=O)CN(C(=O)NCc1ccc(C)cc1)CC2. The number of carbonyl (C=O) groups excluding carboxylic acids is 1. The lowest BCUT2D eigenvalue weighted by molar-refractivity contribution is 0.179. The van der Waals surface area contributed by atoms with E-state index in [0.717, 1.165) is 16.8 Å². The van der Waals surface area contributed by atoms with Crippen LogP contribution in [-0.4, -0.2) is 41.0 Å². The molecule has 1 aromatic heterocycles. The molecule has 0 spiro atoms. The highest BCUT2D eigenvalue weighted by molar-refractivity contribution is 5.74. The van der Waals surface area contributed by atoms with Gasteiger partial charge in [0.2, 0.25) is 0 Å². The third-order valence-corrected chi connectivity index (χ3v) is 4.50. The molecular weight excluding hydrogens is 332 g/mol. The van der Waals surface area contributed by atoms with Crippen LogP contribution in [0.1, 0.15) is 22.4 Å². The average Bonchev–Trinajstić information content (AvgIpc) is 2.65. The molecule has 3 rings (SSSR count). The van der Waals surface area contributed by atoms with Crippen molar-refractivity contribution in [1.29, 1.82) is 0 Å². The van der Waals surface area contributed by atoms with Crippen LogP contribution < -0.4 is 10.9 Å². The normalized spacial score (nSPS) is 13.4. The number of urea groups is 1.